The lowest BCUT2D eigenvalue weighted by atomic mass is 9.93. The number of nitrogens with zero attached hydrogens (tertiary/aromatic N) is 3. The summed E-state index contributed by atoms with van der Waals surface area (Å²) < 4.78 is 85.2. The lowest BCUT2D eigenvalue weighted by Gasteiger charge is -2.47. The Labute approximate surface area is 221 Å². The zero-order valence-corrected chi connectivity index (χ0v) is 20.8. The lowest BCUT2D eigenvalue weighted by molar-refractivity contribution is -0.192. The predicted molar refractivity (Wildman–Crippen MR) is 123 cm³/mol. The molecule has 2 N–H and O–H groups in total. The fourth-order valence-corrected chi connectivity index (χ4v) is 4.61. The van der Waals surface area contributed by atoms with Crippen molar-refractivity contribution in [1.29, 1.82) is 0 Å². The topological polar surface area (TPSA) is 124 Å². The van der Waals surface area contributed by atoms with E-state index in [4.69, 9.17) is 9.90 Å². The Hall–Kier alpha value is -3.98. The van der Waals surface area contributed by atoms with E-state index in [2.05, 4.69) is 5.10 Å². The number of halogens is 7. The standard InChI is InChI=1S/C22H22F4N4O3.C2HF3O2/c1-12-3-2-4-15-10-29(11-19(31)30(12)15)21(33)16-8-13(5-6-18(16)23)7-14-9-17(22(24,25)26)20(32)28-27-14;3-2(4,5)1(6)7/h5-6,8-9,12,15H,2-4,7,10-11H2,1H3,(H,28,32);(H,6,7)/t12-,15-;/m1./s1. The summed E-state index contributed by atoms with van der Waals surface area (Å²) in [6, 6.07) is 4.25. The molecule has 0 bridgehead atoms. The number of nitrogens with one attached hydrogen (secondary N) is 1. The van der Waals surface area contributed by atoms with Crippen molar-refractivity contribution in [3.05, 3.63) is 62.8 Å². The van der Waals surface area contributed by atoms with Gasteiger partial charge in [-0.25, -0.2) is 14.3 Å². The number of H-pyrrole nitrogens is 1. The highest BCUT2D eigenvalue weighted by atomic mass is 19.4. The SMILES string of the molecule is C[C@@H]1CCC[C@@H]2CN(C(=O)c3cc(Cc4cc(C(F)(F)F)c(=O)[nH]n4)ccc3F)CC(=O)N21.O=C(O)C(F)(F)F. The van der Waals surface area contributed by atoms with Crippen LogP contribution in [0.15, 0.2) is 29.1 Å². The number of carbonyl (C=O) groups excluding carboxylic acids is 2. The van der Waals surface area contributed by atoms with E-state index in [-0.39, 0.29) is 42.2 Å². The number of fused-ring (bicyclic) bond motifs is 1. The van der Waals surface area contributed by atoms with E-state index >= 15 is 0 Å². The number of hydrogen-bond donors (Lipinski definition) is 2. The molecule has 2 saturated heterocycles. The summed E-state index contributed by atoms with van der Waals surface area (Å²) in [7, 11) is 0. The first kappa shape index (κ1) is 30.6. The molecule has 0 saturated carbocycles. The summed E-state index contributed by atoms with van der Waals surface area (Å²) in [5.74, 6) is -4.37. The Morgan fingerprint density at radius 1 is 1.10 bits per heavy atom. The Balaban J connectivity index is 0.000000559. The number of carboxylic acids is 1. The number of aromatic amines is 1. The molecule has 4 rings (SSSR count). The number of carboxylic acid groups (broad SMARTS) is 1. The molecule has 16 heteroatoms. The van der Waals surface area contributed by atoms with E-state index in [1.54, 1.807) is 4.90 Å². The smallest absolute Gasteiger partial charge is 0.475 e. The van der Waals surface area contributed by atoms with Gasteiger partial charge >= 0.3 is 18.3 Å². The van der Waals surface area contributed by atoms with Gasteiger partial charge in [0.2, 0.25) is 5.91 Å². The van der Waals surface area contributed by atoms with Gasteiger partial charge in [0.25, 0.3) is 11.5 Å². The molecule has 0 unspecified atom stereocenters. The van der Waals surface area contributed by atoms with E-state index in [1.165, 1.54) is 17.0 Å². The normalized spacial score (nSPS) is 19.4. The van der Waals surface area contributed by atoms with Crippen LogP contribution in [0.1, 0.15) is 53.4 Å². The third-order valence-corrected chi connectivity index (χ3v) is 6.41. The molecule has 2 aromatic rings. The van der Waals surface area contributed by atoms with Gasteiger partial charge in [0.1, 0.15) is 17.9 Å². The van der Waals surface area contributed by atoms with Crippen molar-refractivity contribution in [1.82, 2.24) is 20.0 Å². The minimum Gasteiger partial charge on any atom is -0.475 e. The largest absolute Gasteiger partial charge is 0.490 e. The third kappa shape index (κ3) is 7.15. The number of piperazine rings is 1. The number of aromatic nitrogens is 2. The van der Waals surface area contributed by atoms with E-state index in [9.17, 15) is 45.1 Å². The molecule has 0 spiro atoms. The fraction of sp³-hybridized carbons (Fsp3) is 0.458. The molecule has 0 aliphatic carbocycles. The van der Waals surface area contributed by atoms with Crippen LogP contribution in [0, 0.1) is 5.82 Å². The highest BCUT2D eigenvalue weighted by Gasteiger charge is 2.40. The predicted octanol–water partition coefficient (Wildman–Crippen LogP) is 3.38. The molecule has 3 heterocycles. The van der Waals surface area contributed by atoms with Gasteiger partial charge in [0.15, 0.2) is 0 Å². The van der Waals surface area contributed by atoms with Crippen LogP contribution in [0.2, 0.25) is 0 Å². The molecule has 2 fully saturated rings. The molecule has 218 valence electrons. The first-order valence-corrected chi connectivity index (χ1v) is 11.8. The number of amides is 2. The zero-order chi connectivity index (χ0) is 30.0. The van der Waals surface area contributed by atoms with Gasteiger partial charge in [-0.05, 0) is 49.9 Å². The van der Waals surface area contributed by atoms with Crippen LogP contribution in [0.25, 0.3) is 0 Å². The Morgan fingerprint density at radius 3 is 2.35 bits per heavy atom. The second-order valence-electron chi connectivity index (χ2n) is 9.31. The lowest BCUT2D eigenvalue weighted by Crippen LogP contribution is -2.61. The molecule has 1 aromatic carbocycles. The van der Waals surface area contributed by atoms with E-state index in [0.29, 0.717) is 18.2 Å². The van der Waals surface area contributed by atoms with Crippen LogP contribution < -0.4 is 5.56 Å². The number of piperidine rings is 1. The van der Waals surface area contributed by atoms with Crippen molar-refractivity contribution in [3.8, 4) is 0 Å². The first-order chi connectivity index (χ1) is 18.5. The second kappa shape index (κ2) is 11.6. The maximum absolute atomic E-state index is 14.5. The highest BCUT2D eigenvalue weighted by Crippen LogP contribution is 2.29. The Bertz CT molecular complexity index is 1340. The first-order valence-electron chi connectivity index (χ1n) is 11.8. The molecule has 9 nitrogen and oxygen atoms in total. The van der Waals surface area contributed by atoms with Crippen molar-refractivity contribution in [2.24, 2.45) is 0 Å². The molecular formula is C24H23F7N4O5. The van der Waals surface area contributed by atoms with Crippen LogP contribution in [0.3, 0.4) is 0 Å². The minimum atomic E-state index is -5.08. The van der Waals surface area contributed by atoms with E-state index in [1.807, 2.05) is 12.0 Å². The van der Waals surface area contributed by atoms with Crippen LogP contribution in [0.4, 0.5) is 30.7 Å². The van der Waals surface area contributed by atoms with Crippen LogP contribution in [0.5, 0.6) is 0 Å². The number of rotatable bonds is 3. The van der Waals surface area contributed by atoms with E-state index < -0.39 is 41.2 Å². The molecule has 0 radical (unpaired) electrons. The summed E-state index contributed by atoms with van der Waals surface area (Å²) in [5.41, 5.74) is -2.76. The molecule has 40 heavy (non-hydrogen) atoms. The van der Waals surface area contributed by atoms with E-state index in [0.717, 1.165) is 25.3 Å². The van der Waals surface area contributed by atoms with Gasteiger partial charge in [-0.3, -0.25) is 14.4 Å². The Morgan fingerprint density at radius 2 is 1.75 bits per heavy atom. The van der Waals surface area contributed by atoms with Crippen molar-refractivity contribution >= 4 is 17.8 Å². The van der Waals surface area contributed by atoms with Gasteiger partial charge in [0.05, 0.1) is 11.3 Å². The average molecular weight is 580 g/mol. The molecule has 2 aliphatic rings. The van der Waals surface area contributed by atoms with Crippen molar-refractivity contribution in [2.75, 3.05) is 13.1 Å². The summed E-state index contributed by atoms with van der Waals surface area (Å²) >= 11 is 0. The summed E-state index contributed by atoms with van der Waals surface area (Å²) in [6.07, 6.45) is -7.48. The zero-order valence-electron chi connectivity index (χ0n) is 20.8. The van der Waals surface area contributed by atoms with Crippen LogP contribution in [-0.4, -0.2) is 74.2 Å². The number of carbonyl (C=O) groups is 3. The number of hydrogen-bond acceptors (Lipinski definition) is 5. The van der Waals surface area contributed by atoms with Crippen molar-refractivity contribution in [3.63, 3.8) is 0 Å². The van der Waals surface area contributed by atoms with Crippen molar-refractivity contribution in [2.45, 2.75) is 57.0 Å². The minimum absolute atomic E-state index is 0.0908. The monoisotopic (exact) mass is 580 g/mol. The third-order valence-electron chi connectivity index (χ3n) is 6.41. The quantitative estimate of drug-likeness (QED) is 0.537. The maximum atomic E-state index is 14.5. The number of aliphatic carboxylic acids is 1. The summed E-state index contributed by atoms with van der Waals surface area (Å²) in [6.45, 7) is 2.12. The molecule has 2 atom stereocenters. The van der Waals surface area contributed by atoms with Crippen LogP contribution >= 0.6 is 0 Å². The van der Waals surface area contributed by atoms with Gasteiger partial charge in [0, 0.05) is 25.0 Å². The van der Waals surface area contributed by atoms with Gasteiger partial charge in [-0.15, -0.1) is 0 Å². The van der Waals surface area contributed by atoms with Crippen LogP contribution in [-0.2, 0) is 22.2 Å². The molecule has 2 amide bonds. The molecular weight excluding hydrogens is 557 g/mol. The fourth-order valence-electron chi connectivity index (χ4n) is 4.61. The summed E-state index contributed by atoms with van der Waals surface area (Å²) in [4.78, 5) is 49.1. The average Bonchev–Trinajstić information content (AvgIpc) is 2.85. The molecule has 2 aliphatic heterocycles. The highest BCUT2D eigenvalue weighted by molar-refractivity contribution is 5.97. The van der Waals surface area contributed by atoms with Gasteiger partial charge < -0.3 is 14.9 Å². The van der Waals surface area contributed by atoms with Crippen molar-refractivity contribution < 1.29 is 50.2 Å². The molecule has 1 aromatic heterocycles. The number of alkyl halides is 6. The van der Waals surface area contributed by atoms with Gasteiger partial charge in [-0.1, -0.05) is 6.07 Å². The Kier molecular flexibility index (Phi) is 8.89. The second-order valence-corrected chi connectivity index (χ2v) is 9.31. The summed E-state index contributed by atoms with van der Waals surface area (Å²) in [5, 5.41) is 12.6. The van der Waals surface area contributed by atoms with Gasteiger partial charge in [-0.2, -0.15) is 31.4 Å². The number of benzene rings is 1. The maximum Gasteiger partial charge on any atom is 0.490 e.